The first kappa shape index (κ1) is 20.1. The van der Waals surface area contributed by atoms with Crippen molar-refractivity contribution in [1.29, 1.82) is 0 Å². The van der Waals surface area contributed by atoms with Crippen molar-refractivity contribution in [3.8, 4) is 0 Å². The van der Waals surface area contributed by atoms with Crippen molar-refractivity contribution < 1.29 is 13.6 Å². The molecule has 2 nitrogen and oxygen atoms in total. The zero-order chi connectivity index (χ0) is 19.5. The maximum atomic E-state index is 13.7. The number of rotatable bonds is 6. The van der Waals surface area contributed by atoms with Gasteiger partial charge in [-0.05, 0) is 55.6 Å². The quantitative estimate of drug-likeness (QED) is 0.674. The van der Waals surface area contributed by atoms with Crippen molar-refractivity contribution in [2.45, 2.75) is 33.1 Å². The lowest BCUT2D eigenvalue weighted by Crippen LogP contribution is -2.36. The second-order valence-electron chi connectivity index (χ2n) is 7.52. The third kappa shape index (κ3) is 4.12. The van der Waals surface area contributed by atoms with Gasteiger partial charge in [0.2, 0.25) is 0 Å². The predicted octanol–water partition coefficient (Wildman–Crippen LogP) is 5.44. The largest absolute Gasteiger partial charge is 0.348 e. The van der Waals surface area contributed by atoms with Crippen molar-refractivity contribution in [3.05, 3.63) is 72.4 Å². The fourth-order valence-electron chi connectivity index (χ4n) is 3.82. The topological polar surface area (TPSA) is 29.1 Å². The minimum Gasteiger partial charge on any atom is -0.348 e. The Morgan fingerprint density at radius 2 is 2.08 bits per heavy atom. The minimum absolute atomic E-state index is 0.0244. The third-order valence-electron chi connectivity index (χ3n) is 5.66. The van der Waals surface area contributed by atoms with Crippen molar-refractivity contribution in [2.24, 2.45) is 17.3 Å². The molecule has 0 spiro atoms. The van der Waals surface area contributed by atoms with Crippen LogP contribution in [0, 0.1) is 28.9 Å². The van der Waals surface area contributed by atoms with E-state index in [0.717, 1.165) is 36.5 Å². The van der Waals surface area contributed by atoms with Crippen LogP contribution in [0.5, 0.6) is 0 Å². The van der Waals surface area contributed by atoms with Gasteiger partial charge in [0, 0.05) is 6.54 Å². The molecule has 2 rings (SSSR count). The summed E-state index contributed by atoms with van der Waals surface area (Å²) >= 11 is 0. The SMILES string of the molecule is C=C[C@]1(C)CC[C@@H](C(=C)CNC(=O)c2cccc(F)c2F)C[C@H]1C(=C)C. The van der Waals surface area contributed by atoms with E-state index in [-0.39, 0.29) is 23.4 Å². The van der Waals surface area contributed by atoms with Gasteiger partial charge in [-0.2, -0.15) is 0 Å². The van der Waals surface area contributed by atoms with Crippen LogP contribution in [0.15, 0.2) is 55.2 Å². The average Bonchev–Trinajstić information content (AvgIpc) is 2.61. The number of carbonyl (C=O) groups is 1. The molecule has 1 aliphatic carbocycles. The number of hydrogen-bond donors (Lipinski definition) is 1. The number of halogens is 2. The highest BCUT2D eigenvalue weighted by atomic mass is 19.2. The molecular formula is C22H27F2NO. The van der Waals surface area contributed by atoms with Crippen molar-refractivity contribution in [2.75, 3.05) is 6.54 Å². The Bertz CT molecular complexity index is 740. The molecule has 0 saturated heterocycles. The molecule has 1 aromatic carbocycles. The molecule has 1 aromatic rings. The maximum Gasteiger partial charge on any atom is 0.254 e. The van der Waals surface area contributed by atoms with E-state index >= 15 is 0 Å². The number of hydrogen-bond acceptors (Lipinski definition) is 1. The molecule has 0 aliphatic heterocycles. The molecule has 1 saturated carbocycles. The van der Waals surface area contributed by atoms with Gasteiger partial charge >= 0.3 is 0 Å². The molecule has 1 amide bonds. The number of allylic oxidation sites excluding steroid dienone is 2. The zero-order valence-corrected chi connectivity index (χ0v) is 15.6. The summed E-state index contributed by atoms with van der Waals surface area (Å²) in [5.74, 6) is -2.23. The van der Waals surface area contributed by atoms with E-state index in [2.05, 4.69) is 32.0 Å². The van der Waals surface area contributed by atoms with Crippen LogP contribution in [-0.4, -0.2) is 12.5 Å². The molecule has 0 radical (unpaired) electrons. The number of amides is 1. The number of carbonyl (C=O) groups excluding carboxylic acids is 1. The summed E-state index contributed by atoms with van der Waals surface area (Å²) in [6.45, 7) is 16.7. The monoisotopic (exact) mass is 359 g/mol. The Hall–Kier alpha value is -2.23. The lowest BCUT2D eigenvalue weighted by Gasteiger charge is -2.44. The highest BCUT2D eigenvalue weighted by Gasteiger charge is 2.38. The predicted molar refractivity (Wildman–Crippen MR) is 102 cm³/mol. The van der Waals surface area contributed by atoms with E-state index in [1.54, 1.807) is 0 Å². The number of benzene rings is 1. The Labute approximate surface area is 154 Å². The average molecular weight is 359 g/mol. The van der Waals surface area contributed by atoms with E-state index in [0.29, 0.717) is 5.92 Å². The molecule has 1 fully saturated rings. The Morgan fingerprint density at radius 3 is 2.69 bits per heavy atom. The van der Waals surface area contributed by atoms with Gasteiger partial charge in [-0.3, -0.25) is 4.79 Å². The van der Waals surface area contributed by atoms with E-state index in [9.17, 15) is 13.6 Å². The van der Waals surface area contributed by atoms with Crippen molar-refractivity contribution in [1.82, 2.24) is 5.32 Å². The van der Waals surface area contributed by atoms with Crippen LogP contribution in [0.2, 0.25) is 0 Å². The molecule has 1 aliphatic rings. The summed E-state index contributed by atoms with van der Waals surface area (Å²) < 4.78 is 27.0. The first-order chi connectivity index (χ1) is 12.2. The fourth-order valence-corrected chi connectivity index (χ4v) is 3.82. The standard InChI is InChI=1S/C22H27F2NO/c1-6-22(5)11-10-16(12-18(22)14(2)3)15(4)13-25-21(26)17-8-7-9-19(23)20(17)24/h6-9,16,18H,1-2,4,10-13H2,3,5H3,(H,25,26)/t16-,18+,22-/m1/s1. The molecule has 26 heavy (non-hydrogen) atoms. The van der Waals surface area contributed by atoms with Gasteiger partial charge in [-0.1, -0.05) is 43.4 Å². The van der Waals surface area contributed by atoms with Gasteiger partial charge in [0.1, 0.15) is 0 Å². The molecular weight excluding hydrogens is 332 g/mol. The van der Waals surface area contributed by atoms with E-state index in [4.69, 9.17) is 0 Å². The summed E-state index contributed by atoms with van der Waals surface area (Å²) in [7, 11) is 0. The highest BCUT2D eigenvalue weighted by Crippen LogP contribution is 2.48. The molecule has 3 atom stereocenters. The summed E-state index contributed by atoms with van der Waals surface area (Å²) in [5.41, 5.74) is 1.75. The van der Waals surface area contributed by atoms with Crippen LogP contribution >= 0.6 is 0 Å². The summed E-state index contributed by atoms with van der Waals surface area (Å²) in [6.07, 6.45) is 4.85. The van der Waals surface area contributed by atoms with Gasteiger partial charge in [-0.25, -0.2) is 8.78 Å². The molecule has 0 aromatic heterocycles. The van der Waals surface area contributed by atoms with Gasteiger partial charge in [0.15, 0.2) is 11.6 Å². The van der Waals surface area contributed by atoms with Gasteiger partial charge < -0.3 is 5.32 Å². The van der Waals surface area contributed by atoms with Crippen LogP contribution < -0.4 is 5.32 Å². The molecule has 4 heteroatoms. The normalized spacial score (nSPS) is 25.4. The van der Waals surface area contributed by atoms with Crippen LogP contribution in [0.25, 0.3) is 0 Å². The van der Waals surface area contributed by atoms with E-state index < -0.39 is 17.5 Å². The zero-order valence-electron chi connectivity index (χ0n) is 15.6. The molecule has 1 N–H and O–H groups in total. The Balaban J connectivity index is 2.00. The molecule has 0 bridgehead atoms. The van der Waals surface area contributed by atoms with Crippen molar-refractivity contribution in [3.63, 3.8) is 0 Å². The minimum atomic E-state index is -1.13. The smallest absolute Gasteiger partial charge is 0.254 e. The first-order valence-electron chi connectivity index (χ1n) is 8.88. The van der Waals surface area contributed by atoms with Crippen LogP contribution in [0.1, 0.15) is 43.5 Å². The second-order valence-corrected chi connectivity index (χ2v) is 7.52. The van der Waals surface area contributed by atoms with Crippen LogP contribution in [0.4, 0.5) is 8.78 Å². The Morgan fingerprint density at radius 1 is 1.38 bits per heavy atom. The van der Waals surface area contributed by atoms with E-state index in [1.165, 1.54) is 12.1 Å². The van der Waals surface area contributed by atoms with Gasteiger partial charge in [-0.15, -0.1) is 6.58 Å². The lowest BCUT2D eigenvalue weighted by atomic mass is 9.61. The summed E-state index contributed by atoms with van der Waals surface area (Å²) in [4.78, 5) is 12.1. The van der Waals surface area contributed by atoms with E-state index in [1.807, 2.05) is 13.0 Å². The third-order valence-corrected chi connectivity index (χ3v) is 5.66. The second kappa shape index (κ2) is 7.98. The first-order valence-corrected chi connectivity index (χ1v) is 8.88. The van der Waals surface area contributed by atoms with Gasteiger partial charge in [0.25, 0.3) is 5.91 Å². The molecule has 140 valence electrons. The fraction of sp³-hybridized carbons (Fsp3) is 0.409. The molecule has 0 unspecified atom stereocenters. The van der Waals surface area contributed by atoms with Crippen molar-refractivity contribution >= 4 is 5.91 Å². The van der Waals surface area contributed by atoms with Crippen LogP contribution in [0.3, 0.4) is 0 Å². The van der Waals surface area contributed by atoms with Gasteiger partial charge in [0.05, 0.1) is 5.56 Å². The summed E-state index contributed by atoms with van der Waals surface area (Å²) in [5, 5.41) is 2.66. The number of nitrogens with one attached hydrogen (secondary N) is 1. The maximum absolute atomic E-state index is 13.7. The Kier molecular flexibility index (Phi) is 6.17. The highest BCUT2D eigenvalue weighted by molar-refractivity contribution is 5.94. The van der Waals surface area contributed by atoms with Crippen LogP contribution in [-0.2, 0) is 0 Å². The molecule has 0 heterocycles. The summed E-state index contributed by atoms with van der Waals surface area (Å²) in [6, 6.07) is 3.57. The lowest BCUT2D eigenvalue weighted by molar-refractivity contribution is 0.0949.